The molecule has 4 rings (SSSR count). The van der Waals surface area contributed by atoms with E-state index in [0.29, 0.717) is 22.4 Å². The van der Waals surface area contributed by atoms with E-state index < -0.39 is 0 Å². The predicted octanol–water partition coefficient (Wildman–Crippen LogP) is 2.97. The third-order valence-electron chi connectivity index (χ3n) is 3.64. The van der Waals surface area contributed by atoms with Gasteiger partial charge in [-0.3, -0.25) is 0 Å². The number of hydrogen-bond donors (Lipinski definition) is 1. The number of anilines is 2. The smallest absolute Gasteiger partial charge is 0.237 e. The van der Waals surface area contributed by atoms with Gasteiger partial charge in [0.05, 0.1) is 22.8 Å². The van der Waals surface area contributed by atoms with Crippen molar-refractivity contribution in [2.24, 2.45) is 4.99 Å². The van der Waals surface area contributed by atoms with Crippen LogP contribution in [0.15, 0.2) is 65.1 Å². The topological polar surface area (TPSA) is 84.7 Å². The van der Waals surface area contributed by atoms with E-state index >= 15 is 0 Å². The van der Waals surface area contributed by atoms with Gasteiger partial charge in [0, 0.05) is 5.33 Å². The second-order valence-corrected chi connectivity index (χ2v) is 5.60. The Hall–Kier alpha value is -2.42. The van der Waals surface area contributed by atoms with Crippen molar-refractivity contribution in [3.8, 4) is 0 Å². The first kappa shape index (κ1) is 16.4. The van der Waals surface area contributed by atoms with Crippen molar-refractivity contribution in [1.29, 1.82) is 0 Å². The summed E-state index contributed by atoms with van der Waals surface area (Å²) in [5.41, 5.74) is 7.77. The first-order valence-corrected chi connectivity index (χ1v) is 8.05. The van der Waals surface area contributed by atoms with Gasteiger partial charge in [0.1, 0.15) is 11.5 Å². The molecule has 0 aromatic heterocycles. The normalized spacial score (nSPS) is 15.7. The van der Waals surface area contributed by atoms with Crippen LogP contribution in [0.5, 0.6) is 0 Å². The number of fused-ring (bicyclic) bond motifs is 3. The third kappa shape index (κ3) is 2.44. The minimum atomic E-state index is -0.342. The molecule has 0 fully saturated rings. The molecule has 8 heteroatoms. The number of hydrogen-bond acceptors (Lipinski definition) is 4. The lowest BCUT2D eigenvalue weighted by Crippen LogP contribution is -2.37. The van der Waals surface area contributed by atoms with Crippen molar-refractivity contribution < 1.29 is 15.0 Å². The Labute approximate surface area is 145 Å². The van der Waals surface area contributed by atoms with Gasteiger partial charge >= 0.3 is 0 Å². The zero-order valence-electron chi connectivity index (χ0n) is 12.3. The van der Waals surface area contributed by atoms with E-state index in [1.165, 1.54) is 17.1 Å². The molecule has 24 heavy (non-hydrogen) atoms. The number of alkyl halides is 1. The highest BCUT2D eigenvalue weighted by Gasteiger charge is 2.38. The van der Waals surface area contributed by atoms with Gasteiger partial charge in [-0.2, -0.15) is 0 Å². The van der Waals surface area contributed by atoms with Crippen LogP contribution in [0.4, 0.5) is 21.5 Å². The summed E-state index contributed by atoms with van der Waals surface area (Å²) in [4.78, 5) is 4.56. The number of aliphatic hydroxyl groups excluding tert-OH is 1. The standard InChI is InChI=1S/C16H11BrFN4O.H2O/c17-9-13-15-16(23)21(11-7-5-10(18)6-8-11)20-22(15)14-4-2-1-3-12(14)19-13;/h1-8,23H,9H2;1H2. The molecule has 1 radical (unpaired) electrons. The molecule has 0 aliphatic carbocycles. The molecular formula is C16H13BrFN4O2. The molecular weight excluding hydrogens is 379 g/mol. The Morgan fingerprint density at radius 3 is 2.46 bits per heavy atom. The fraction of sp³-hybridized carbons (Fsp3) is 0.0625. The summed E-state index contributed by atoms with van der Waals surface area (Å²) >= 11 is 3.40. The molecule has 6 nitrogen and oxygen atoms in total. The first-order valence-electron chi connectivity index (χ1n) is 6.92. The molecule has 0 saturated heterocycles. The SMILES string of the molecule is O.OC1=C2C(CBr)=Nc3ccccc3N2[N]N1c1ccc(F)cc1. The number of benzene rings is 2. The van der Waals surface area contributed by atoms with E-state index in [2.05, 4.69) is 26.5 Å². The van der Waals surface area contributed by atoms with Gasteiger partial charge in [0.2, 0.25) is 5.88 Å². The minimum Gasteiger partial charge on any atom is -0.492 e. The number of aliphatic hydroxyl groups is 1. The Morgan fingerprint density at radius 1 is 1.04 bits per heavy atom. The molecule has 0 atom stereocenters. The van der Waals surface area contributed by atoms with Crippen LogP contribution in [-0.4, -0.2) is 21.6 Å². The summed E-state index contributed by atoms with van der Waals surface area (Å²) < 4.78 is 13.1. The molecule has 2 aliphatic rings. The molecule has 3 N–H and O–H groups in total. The lowest BCUT2D eigenvalue weighted by Gasteiger charge is -2.25. The number of nitrogens with zero attached hydrogens (tertiary/aromatic N) is 4. The van der Waals surface area contributed by atoms with Crippen LogP contribution in [0.1, 0.15) is 0 Å². The lowest BCUT2D eigenvalue weighted by molar-refractivity contribution is 0.387. The second-order valence-electron chi connectivity index (χ2n) is 5.04. The van der Waals surface area contributed by atoms with E-state index in [4.69, 9.17) is 0 Å². The third-order valence-corrected chi connectivity index (χ3v) is 4.17. The predicted molar refractivity (Wildman–Crippen MR) is 94.1 cm³/mol. The number of para-hydroxylation sites is 2. The molecule has 0 amide bonds. The van der Waals surface area contributed by atoms with E-state index in [-0.39, 0.29) is 17.2 Å². The van der Waals surface area contributed by atoms with Crippen LogP contribution in [0.25, 0.3) is 0 Å². The summed E-state index contributed by atoms with van der Waals surface area (Å²) in [5, 5.41) is 14.1. The van der Waals surface area contributed by atoms with Crippen molar-refractivity contribution in [3.63, 3.8) is 0 Å². The quantitative estimate of drug-likeness (QED) is 0.798. The van der Waals surface area contributed by atoms with Gasteiger partial charge in [0.25, 0.3) is 0 Å². The fourth-order valence-electron chi connectivity index (χ4n) is 2.58. The maximum absolute atomic E-state index is 13.1. The Morgan fingerprint density at radius 2 is 1.75 bits per heavy atom. The van der Waals surface area contributed by atoms with Crippen molar-refractivity contribution in [3.05, 3.63) is 65.9 Å². The van der Waals surface area contributed by atoms with E-state index in [9.17, 15) is 9.50 Å². The second kappa shape index (κ2) is 6.23. The molecule has 123 valence electrons. The molecule has 0 unspecified atom stereocenters. The van der Waals surface area contributed by atoms with Crippen LogP contribution in [0.2, 0.25) is 0 Å². The van der Waals surface area contributed by atoms with Crippen LogP contribution in [0.3, 0.4) is 0 Å². The van der Waals surface area contributed by atoms with Gasteiger partial charge in [-0.05, 0) is 41.9 Å². The average Bonchev–Trinajstić information content (AvgIpc) is 2.93. The molecule has 0 spiro atoms. The summed E-state index contributed by atoms with van der Waals surface area (Å²) in [6, 6.07) is 13.3. The van der Waals surface area contributed by atoms with Gasteiger partial charge in [0.15, 0.2) is 0 Å². The number of rotatable bonds is 2. The maximum atomic E-state index is 13.1. The monoisotopic (exact) mass is 391 g/mol. The zero-order chi connectivity index (χ0) is 16.0. The highest BCUT2D eigenvalue weighted by atomic mass is 79.9. The molecule has 0 bridgehead atoms. The molecule has 2 aromatic carbocycles. The van der Waals surface area contributed by atoms with Crippen molar-refractivity contribution in [2.75, 3.05) is 15.3 Å². The molecule has 2 aromatic rings. The van der Waals surface area contributed by atoms with E-state index in [1.54, 1.807) is 17.1 Å². The van der Waals surface area contributed by atoms with E-state index in [0.717, 1.165) is 11.4 Å². The van der Waals surface area contributed by atoms with E-state index in [1.807, 2.05) is 24.3 Å². The van der Waals surface area contributed by atoms with Crippen LogP contribution in [-0.2, 0) is 0 Å². The summed E-state index contributed by atoms with van der Waals surface area (Å²) in [6.45, 7) is 0. The van der Waals surface area contributed by atoms with Gasteiger partial charge in [-0.25, -0.2) is 19.4 Å². The Balaban J connectivity index is 0.00000169. The van der Waals surface area contributed by atoms with Crippen molar-refractivity contribution in [1.82, 2.24) is 5.53 Å². The highest BCUT2D eigenvalue weighted by Crippen LogP contribution is 2.40. The summed E-state index contributed by atoms with van der Waals surface area (Å²) in [6.07, 6.45) is 0. The lowest BCUT2D eigenvalue weighted by atomic mass is 10.1. The summed E-state index contributed by atoms with van der Waals surface area (Å²) in [7, 11) is 0. The first-order chi connectivity index (χ1) is 11.2. The van der Waals surface area contributed by atoms with Crippen LogP contribution in [0, 0.1) is 5.82 Å². The minimum absolute atomic E-state index is 0. The number of aliphatic imine (C=N–C) groups is 1. The van der Waals surface area contributed by atoms with Gasteiger partial charge in [-0.1, -0.05) is 28.1 Å². The largest absolute Gasteiger partial charge is 0.492 e. The van der Waals surface area contributed by atoms with Gasteiger partial charge in [-0.15, -0.1) is 0 Å². The molecule has 2 aliphatic heterocycles. The Kier molecular flexibility index (Phi) is 4.27. The maximum Gasteiger partial charge on any atom is 0.237 e. The van der Waals surface area contributed by atoms with Crippen molar-refractivity contribution >= 4 is 38.7 Å². The zero-order valence-corrected chi connectivity index (χ0v) is 13.9. The van der Waals surface area contributed by atoms with Crippen LogP contribution >= 0.6 is 15.9 Å². The van der Waals surface area contributed by atoms with Crippen molar-refractivity contribution in [2.45, 2.75) is 0 Å². The Bertz CT molecular complexity index is 838. The van der Waals surface area contributed by atoms with Gasteiger partial charge < -0.3 is 10.6 Å². The average molecular weight is 392 g/mol. The fourth-order valence-corrected chi connectivity index (χ4v) is 2.97. The summed E-state index contributed by atoms with van der Waals surface area (Å²) in [5.74, 6) is -0.379. The van der Waals surface area contributed by atoms with Crippen LogP contribution < -0.4 is 15.6 Å². The molecule has 0 saturated carbocycles. The number of halogens is 2. The molecule has 2 heterocycles. The number of allylic oxidation sites excluding steroid dienone is 1. The highest BCUT2D eigenvalue weighted by molar-refractivity contribution is 9.09.